The number of rotatable bonds is 3. The van der Waals surface area contributed by atoms with Crippen molar-refractivity contribution in [2.75, 3.05) is 12.4 Å². The number of amides is 2. The smallest absolute Gasteiger partial charge is 0.406 e. The van der Waals surface area contributed by atoms with Crippen molar-refractivity contribution in [1.29, 1.82) is 0 Å². The van der Waals surface area contributed by atoms with Crippen molar-refractivity contribution in [2.45, 2.75) is 72.1 Å². The van der Waals surface area contributed by atoms with Crippen molar-refractivity contribution < 1.29 is 27.5 Å². The van der Waals surface area contributed by atoms with Gasteiger partial charge >= 0.3 is 6.36 Å². The summed E-state index contributed by atoms with van der Waals surface area (Å²) < 4.78 is 41.2. The third-order valence-corrected chi connectivity index (χ3v) is 9.79. The zero-order valence-electron chi connectivity index (χ0n) is 21.4. The van der Waals surface area contributed by atoms with Gasteiger partial charge in [-0.2, -0.15) is 0 Å². The number of ether oxygens (including phenoxy) is 1. The number of allylic oxidation sites excluding steroid dienone is 2. The minimum Gasteiger partial charge on any atom is -0.406 e. The molecule has 6 atom stereocenters. The fraction of sp³-hybridized carbons (Fsp3) is 0.643. The summed E-state index contributed by atoms with van der Waals surface area (Å²) in [6.45, 7) is 6.85. The Bertz CT molecular complexity index is 1100. The van der Waals surface area contributed by atoms with E-state index in [1.807, 2.05) is 0 Å². The Hall–Kier alpha value is -2.51. The number of likely N-dealkylation sites (tertiary alicyclic amines) is 1. The number of benzene rings is 1. The van der Waals surface area contributed by atoms with Crippen LogP contribution in [0.2, 0.25) is 0 Å². The Labute approximate surface area is 210 Å². The molecule has 196 valence electrons. The van der Waals surface area contributed by atoms with Crippen molar-refractivity contribution in [1.82, 2.24) is 4.90 Å². The van der Waals surface area contributed by atoms with E-state index in [0.717, 1.165) is 30.7 Å². The Morgan fingerprint density at radius 2 is 1.81 bits per heavy atom. The average Bonchev–Trinajstić information content (AvgIpc) is 3.18. The molecule has 3 aliphatic carbocycles. The lowest BCUT2D eigenvalue weighted by atomic mass is 9.48. The number of carbonyl (C=O) groups excluding carboxylic acids is 2. The fourth-order valence-electron chi connectivity index (χ4n) is 8.42. The number of hydrogen-bond donors (Lipinski definition) is 1. The molecule has 1 saturated heterocycles. The molecule has 5 nitrogen and oxygen atoms in total. The lowest BCUT2D eigenvalue weighted by molar-refractivity contribution is -0.274. The number of carbonyl (C=O) groups is 2. The highest BCUT2D eigenvalue weighted by atomic mass is 19.4. The zero-order chi connectivity index (χ0) is 26.0. The molecule has 2 saturated carbocycles. The molecule has 1 N–H and O–H groups in total. The Balaban J connectivity index is 1.39. The number of piperidine rings is 1. The summed E-state index contributed by atoms with van der Waals surface area (Å²) in [6, 6.07) is 5.00. The molecule has 1 aliphatic heterocycles. The monoisotopic (exact) mass is 504 g/mol. The van der Waals surface area contributed by atoms with E-state index in [9.17, 15) is 22.8 Å². The maximum Gasteiger partial charge on any atom is 0.573 e. The van der Waals surface area contributed by atoms with Crippen LogP contribution in [0.3, 0.4) is 0 Å². The summed E-state index contributed by atoms with van der Waals surface area (Å²) in [5.74, 6) is -0.163. The maximum absolute atomic E-state index is 13.4. The summed E-state index contributed by atoms with van der Waals surface area (Å²) in [7, 11) is 1.78. The van der Waals surface area contributed by atoms with E-state index in [0.29, 0.717) is 35.3 Å². The summed E-state index contributed by atoms with van der Waals surface area (Å²) in [5, 5.41) is 2.75. The van der Waals surface area contributed by atoms with Crippen LogP contribution in [0.15, 0.2) is 35.5 Å². The van der Waals surface area contributed by atoms with E-state index in [1.165, 1.54) is 43.4 Å². The molecule has 8 heteroatoms. The summed E-state index contributed by atoms with van der Waals surface area (Å²) in [6.07, 6.45) is 2.85. The fourth-order valence-corrected chi connectivity index (χ4v) is 8.42. The molecule has 2 amide bonds. The van der Waals surface area contributed by atoms with Crippen molar-refractivity contribution in [3.8, 4) is 5.75 Å². The second kappa shape index (κ2) is 8.52. The van der Waals surface area contributed by atoms with Crippen LogP contribution in [0.5, 0.6) is 5.75 Å². The van der Waals surface area contributed by atoms with Crippen LogP contribution >= 0.6 is 0 Å². The summed E-state index contributed by atoms with van der Waals surface area (Å²) in [4.78, 5) is 28.4. The van der Waals surface area contributed by atoms with Crippen LogP contribution < -0.4 is 10.1 Å². The first-order valence-electron chi connectivity index (χ1n) is 13.0. The highest BCUT2D eigenvalue weighted by molar-refractivity contribution is 6.07. The van der Waals surface area contributed by atoms with E-state index >= 15 is 0 Å². The van der Waals surface area contributed by atoms with Crippen LogP contribution in [0.4, 0.5) is 18.9 Å². The van der Waals surface area contributed by atoms with Crippen LogP contribution in [-0.2, 0) is 9.59 Å². The molecule has 0 radical (unpaired) electrons. The first-order valence-corrected chi connectivity index (χ1v) is 13.0. The number of nitrogens with one attached hydrogen (secondary N) is 1. The highest BCUT2D eigenvalue weighted by Crippen LogP contribution is 2.65. The normalized spacial score (nSPS) is 36.2. The minimum atomic E-state index is -4.78. The number of nitrogens with zero attached hydrogens (tertiary/aromatic N) is 1. The first-order chi connectivity index (χ1) is 16.8. The van der Waals surface area contributed by atoms with Gasteiger partial charge in [-0.15, -0.1) is 13.2 Å². The van der Waals surface area contributed by atoms with Crippen LogP contribution in [0.1, 0.15) is 65.7 Å². The summed E-state index contributed by atoms with van der Waals surface area (Å²) >= 11 is 0. The van der Waals surface area contributed by atoms with Gasteiger partial charge in [-0.3, -0.25) is 9.59 Å². The predicted octanol–water partition coefficient (Wildman–Crippen LogP) is 6.52. The Morgan fingerprint density at radius 1 is 1.11 bits per heavy atom. The van der Waals surface area contributed by atoms with Gasteiger partial charge in [0.05, 0.1) is 0 Å². The number of anilines is 1. The van der Waals surface area contributed by atoms with Crippen molar-refractivity contribution >= 4 is 17.5 Å². The molecule has 36 heavy (non-hydrogen) atoms. The largest absolute Gasteiger partial charge is 0.573 e. The van der Waals surface area contributed by atoms with Gasteiger partial charge in [-0.1, -0.05) is 25.8 Å². The van der Waals surface area contributed by atoms with Crippen LogP contribution in [0.25, 0.3) is 0 Å². The second-order valence-electron chi connectivity index (χ2n) is 11.9. The van der Waals surface area contributed by atoms with E-state index in [-0.39, 0.29) is 17.1 Å². The van der Waals surface area contributed by atoms with Gasteiger partial charge in [0, 0.05) is 23.8 Å². The van der Waals surface area contributed by atoms with Crippen LogP contribution in [-0.4, -0.2) is 30.1 Å². The zero-order valence-corrected chi connectivity index (χ0v) is 21.4. The van der Waals surface area contributed by atoms with Gasteiger partial charge < -0.3 is 15.0 Å². The molecule has 0 spiro atoms. The molecule has 5 rings (SSSR count). The van der Waals surface area contributed by atoms with Crippen molar-refractivity contribution in [3.63, 3.8) is 0 Å². The van der Waals surface area contributed by atoms with Gasteiger partial charge in [0.15, 0.2) is 0 Å². The SMILES string of the molecule is CC1=C2N(C)C(=O)C(C(=O)Nc3ccc(OC(F)(F)F)cc3)C[C@]2(C)[C@@H]2CC[C@]3(C)CCC[C@H]3[C@@H]2C1. The molecule has 1 aromatic rings. The molecule has 1 heterocycles. The van der Waals surface area contributed by atoms with Gasteiger partial charge in [-0.05, 0) is 92.9 Å². The quantitative estimate of drug-likeness (QED) is 0.477. The molecule has 3 fully saturated rings. The third kappa shape index (κ3) is 4.10. The topological polar surface area (TPSA) is 58.6 Å². The Kier molecular flexibility index (Phi) is 5.95. The van der Waals surface area contributed by atoms with Crippen LogP contribution in [0, 0.1) is 34.5 Å². The number of hydrogen-bond acceptors (Lipinski definition) is 3. The van der Waals surface area contributed by atoms with Gasteiger partial charge in [-0.25, -0.2) is 0 Å². The predicted molar refractivity (Wildman–Crippen MR) is 130 cm³/mol. The molecular weight excluding hydrogens is 469 g/mol. The minimum absolute atomic E-state index is 0.226. The molecule has 1 unspecified atom stereocenters. The lowest BCUT2D eigenvalue weighted by Gasteiger charge is -2.59. The standard InChI is InChI=1S/C28H35F3N2O3/c1-16-14-19-21-6-5-12-26(21,2)13-11-22(19)27(3)15-20(25(35)33(4)23(16)27)24(34)32-17-7-9-18(10-8-17)36-28(29,30)31/h7-10,19-22H,5-6,11-15H2,1-4H3,(H,32,34)/t19-,20?,21-,22+,26-,27+/m0/s1. The maximum atomic E-state index is 13.4. The Morgan fingerprint density at radius 3 is 2.47 bits per heavy atom. The first kappa shape index (κ1) is 25.2. The number of fused-ring (bicyclic) bond motifs is 5. The molecule has 1 aromatic carbocycles. The lowest BCUT2D eigenvalue weighted by Crippen LogP contribution is -2.57. The number of alkyl halides is 3. The van der Waals surface area contributed by atoms with Crippen molar-refractivity contribution in [2.24, 2.45) is 34.5 Å². The van der Waals surface area contributed by atoms with Gasteiger partial charge in [0.25, 0.3) is 0 Å². The highest BCUT2D eigenvalue weighted by Gasteiger charge is 2.60. The second-order valence-corrected chi connectivity index (χ2v) is 11.9. The van der Waals surface area contributed by atoms with E-state index < -0.39 is 18.2 Å². The summed E-state index contributed by atoms with van der Waals surface area (Å²) in [5.41, 5.74) is 2.82. The molecule has 4 aliphatic rings. The molecule has 0 bridgehead atoms. The third-order valence-electron chi connectivity index (χ3n) is 9.79. The van der Waals surface area contributed by atoms with E-state index in [2.05, 4.69) is 30.8 Å². The van der Waals surface area contributed by atoms with E-state index in [1.54, 1.807) is 11.9 Å². The molecule has 0 aromatic heterocycles. The van der Waals surface area contributed by atoms with Gasteiger partial charge in [0.1, 0.15) is 11.7 Å². The van der Waals surface area contributed by atoms with Crippen molar-refractivity contribution in [3.05, 3.63) is 35.5 Å². The van der Waals surface area contributed by atoms with Gasteiger partial charge in [0.2, 0.25) is 11.8 Å². The number of halogens is 3. The average molecular weight is 505 g/mol. The van der Waals surface area contributed by atoms with E-state index in [4.69, 9.17) is 0 Å². The molecular formula is C28H35F3N2O3.